The van der Waals surface area contributed by atoms with Gasteiger partial charge in [-0.1, -0.05) is 6.08 Å². The number of anilines is 1. The molecule has 2 aromatic heterocycles. The number of aromatic nitrogens is 3. The van der Waals surface area contributed by atoms with E-state index >= 15 is 0 Å². The zero-order valence-corrected chi connectivity index (χ0v) is 23.2. The lowest BCUT2D eigenvalue weighted by Gasteiger charge is -2.32. The first-order valence-electron chi connectivity index (χ1n) is 14.0. The lowest BCUT2D eigenvalue weighted by Crippen LogP contribution is -2.46. The van der Waals surface area contributed by atoms with Gasteiger partial charge in [0, 0.05) is 25.4 Å². The van der Waals surface area contributed by atoms with Gasteiger partial charge < -0.3 is 29.8 Å². The second kappa shape index (κ2) is 12.1. The van der Waals surface area contributed by atoms with E-state index < -0.39 is 29.4 Å². The number of ether oxygens (including phenoxy) is 1. The molecule has 0 aromatic carbocycles. The third-order valence-electron chi connectivity index (χ3n) is 8.73. The van der Waals surface area contributed by atoms with Crippen LogP contribution in [0.4, 0.5) is 5.69 Å². The van der Waals surface area contributed by atoms with Crippen LogP contribution in [0.15, 0.2) is 47.8 Å². The second-order valence-electron chi connectivity index (χ2n) is 11.3. The normalized spacial score (nSPS) is 24.8. The van der Waals surface area contributed by atoms with Crippen LogP contribution in [0.2, 0.25) is 0 Å². The lowest BCUT2D eigenvalue weighted by molar-refractivity contribution is -0.134. The van der Waals surface area contributed by atoms with Crippen LogP contribution >= 0.6 is 0 Å². The van der Waals surface area contributed by atoms with Crippen LogP contribution in [0.1, 0.15) is 49.0 Å². The van der Waals surface area contributed by atoms with Crippen molar-refractivity contribution in [3.8, 4) is 0 Å². The predicted octanol–water partition coefficient (Wildman–Crippen LogP) is 1.38. The molecule has 12 nitrogen and oxygen atoms in total. The Morgan fingerprint density at radius 3 is 2.71 bits per heavy atom. The summed E-state index contributed by atoms with van der Waals surface area (Å²) in [5, 5.41) is 8.48. The van der Waals surface area contributed by atoms with Crippen LogP contribution in [0, 0.1) is 23.7 Å². The van der Waals surface area contributed by atoms with Gasteiger partial charge in [-0.25, -0.2) is 9.78 Å². The summed E-state index contributed by atoms with van der Waals surface area (Å²) in [7, 11) is 2.91. The number of aryl methyl sites for hydroxylation is 1. The average molecular weight is 565 g/mol. The zero-order chi connectivity index (χ0) is 29.1. The largest absolute Gasteiger partial charge is 0.466 e. The molecule has 0 spiro atoms. The number of esters is 1. The van der Waals surface area contributed by atoms with Gasteiger partial charge in [-0.05, 0) is 74.3 Å². The molecule has 0 saturated heterocycles. The molecule has 6 atom stereocenters. The molecule has 4 saturated carbocycles. The number of hydrogen-bond acceptors (Lipinski definition) is 7. The third kappa shape index (κ3) is 6.26. The van der Waals surface area contributed by atoms with Gasteiger partial charge in [-0.2, -0.15) is 0 Å². The summed E-state index contributed by atoms with van der Waals surface area (Å²) in [4.78, 5) is 67.5. The number of rotatable bonds is 11. The average Bonchev–Trinajstić information content (AvgIpc) is 3.58. The van der Waals surface area contributed by atoms with E-state index in [9.17, 15) is 24.0 Å². The molecule has 4 aliphatic rings. The molecular formula is C29H36N6O6. The minimum absolute atomic E-state index is 0.00579. The van der Waals surface area contributed by atoms with Gasteiger partial charge in [-0.3, -0.25) is 19.2 Å². The molecule has 5 unspecified atom stereocenters. The van der Waals surface area contributed by atoms with Crippen molar-refractivity contribution in [2.75, 3.05) is 12.4 Å². The van der Waals surface area contributed by atoms with Crippen molar-refractivity contribution in [3.05, 3.63) is 59.1 Å². The number of amides is 3. The highest BCUT2D eigenvalue weighted by atomic mass is 16.5. The zero-order valence-electron chi connectivity index (χ0n) is 23.2. The first kappa shape index (κ1) is 28.3. The number of imidazole rings is 1. The molecule has 2 aromatic rings. The summed E-state index contributed by atoms with van der Waals surface area (Å²) in [6.45, 7) is -0.147. The molecule has 0 aliphatic heterocycles. The number of hydrogen-bond donors (Lipinski definition) is 3. The van der Waals surface area contributed by atoms with Crippen molar-refractivity contribution in [2.45, 2.75) is 57.2 Å². The van der Waals surface area contributed by atoms with Crippen molar-refractivity contribution in [1.29, 1.82) is 0 Å². The van der Waals surface area contributed by atoms with Crippen LogP contribution in [0.3, 0.4) is 0 Å². The van der Waals surface area contributed by atoms with Crippen molar-refractivity contribution in [1.82, 2.24) is 24.8 Å². The second-order valence-corrected chi connectivity index (χ2v) is 11.3. The maximum Gasteiger partial charge on any atom is 0.330 e. The van der Waals surface area contributed by atoms with E-state index in [0.29, 0.717) is 17.8 Å². The minimum atomic E-state index is -1.02. The highest BCUT2D eigenvalue weighted by molar-refractivity contribution is 6.00. The molecule has 12 heteroatoms. The van der Waals surface area contributed by atoms with Crippen molar-refractivity contribution in [2.24, 2.45) is 30.7 Å². The van der Waals surface area contributed by atoms with Crippen LogP contribution < -0.4 is 21.5 Å². The van der Waals surface area contributed by atoms with Gasteiger partial charge in [0.05, 0.1) is 19.6 Å². The van der Waals surface area contributed by atoms with E-state index in [2.05, 4.69) is 25.7 Å². The van der Waals surface area contributed by atoms with E-state index in [4.69, 9.17) is 0 Å². The van der Waals surface area contributed by atoms with E-state index in [1.807, 2.05) is 0 Å². The van der Waals surface area contributed by atoms with Gasteiger partial charge in [-0.15, -0.1) is 0 Å². The van der Waals surface area contributed by atoms with Gasteiger partial charge >= 0.3 is 5.97 Å². The number of nitrogens with zero attached hydrogens (tertiary/aromatic N) is 3. The van der Waals surface area contributed by atoms with E-state index in [-0.39, 0.29) is 42.7 Å². The lowest BCUT2D eigenvalue weighted by atomic mass is 9.79. The SMILES string of the molecule is COC(=O)/C=C/CC[C@H](NC(=O)c1cncn1C)C(=O)Nc1cccn(CC(=O)NC2C3CC4CC(C3)C2C4)c1=O. The van der Waals surface area contributed by atoms with Crippen LogP contribution in [-0.4, -0.2) is 57.0 Å². The molecule has 3 amide bonds. The van der Waals surface area contributed by atoms with Crippen molar-refractivity contribution in [3.63, 3.8) is 0 Å². The number of nitrogens with one attached hydrogen (secondary N) is 3. The van der Waals surface area contributed by atoms with Gasteiger partial charge in [0.15, 0.2) is 0 Å². The molecular weight excluding hydrogens is 528 g/mol. The Kier molecular flexibility index (Phi) is 8.36. The molecule has 6 rings (SSSR count). The Morgan fingerprint density at radius 1 is 1.17 bits per heavy atom. The number of carbonyl (C=O) groups excluding carboxylic acids is 4. The van der Waals surface area contributed by atoms with Gasteiger partial charge in [0.25, 0.3) is 11.5 Å². The highest BCUT2D eigenvalue weighted by Crippen LogP contribution is 2.58. The fourth-order valence-corrected chi connectivity index (χ4v) is 6.91. The maximum absolute atomic E-state index is 13.3. The molecule has 4 fully saturated rings. The fourth-order valence-electron chi connectivity index (χ4n) is 6.91. The summed E-state index contributed by atoms with van der Waals surface area (Å²) < 4.78 is 7.37. The highest BCUT2D eigenvalue weighted by Gasteiger charge is 2.54. The minimum Gasteiger partial charge on any atom is -0.466 e. The van der Waals surface area contributed by atoms with Crippen molar-refractivity contribution < 1.29 is 23.9 Å². The molecule has 4 aliphatic carbocycles. The fraction of sp³-hybridized carbons (Fsp3) is 0.517. The summed E-state index contributed by atoms with van der Waals surface area (Å²) in [6.07, 6.45) is 12.4. The van der Waals surface area contributed by atoms with E-state index in [0.717, 1.165) is 5.92 Å². The number of methoxy groups -OCH3 is 1. The van der Waals surface area contributed by atoms with Gasteiger partial charge in [0.1, 0.15) is 24.0 Å². The maximum atomic E-state index is 13.3. The standard InChI is InChI=1S/C29H36N6O6/c1-34-16-30-14-23(34)28(39)31-21(6-3-4-8-25(37)41-2)27(38)32-22-7-5-9-35(29(22)40)15-24(36)33-26-19-11-17-10-18(13-19)20(26)12-17/h4-5,7-9,14,16-21,26H,3,6,10-13,15H2,1-2H3,(H,31,39)(H,32,38)(H,33,36)/b8-4+/t17?,18?,19?,20?,21-,26?/m0/s1. The molecule has 4 bridgehead atoms. The Balaban J connectivity index is 1.24. The Labute approximate surface area is 237 Å². The summed E-state index contributed by atoms with van der Waals surface area (Å²) >= 11 is 0. The first-order chi connectivity index (χ1) is 19.7. The van der Waals surface area contributed by atoms with Crippen LogP contribution in [0.5, 0.6) is 0 Å². The molecule has 0 radical (unpaired) electrons. The van der Waals surface area contributed by atoms with Crippen molar-refractivity contribution >= 4 is 29.4 Å². The number of carbonyl (C=O) groups is 4. The molecule has 3 N–H and O–H groups in total. The summed E-state index contributed by atoms with van der Waals surface area (Å²) in [5.41, 5.74) is -0.273. The van der Waals surface area contributed by atoms with E-state index in [1.165, 1.54) is 72.8 Å². The number of pyridine rings is 1. The monoisotopic (exact) mass is 564 g/mol. The number of allylic oxidation sites excluding steroid dienone is 1. The predicted molar refractivity (Wildman–Crippen MR) is 149 cm³/mol. The Morgan fingerprint density at radius 2 is 1.98 bits per heavy atom. The Bertz CT molecular complexity index is 1410. The smallest absolute Gasteiger partial charge is 0.330 e. The third-order valence-corrected chi connectivity index (χ3v) is 8.73. The van der Waals surface area contributed by atoms with Crippen LogP contribution in [-0.2, 0) is 32.7 Å². The first-order valence-corrected chi connectivity index (χ1v) is 14.0. The molecule has 2 heterocycles. The topological polar surface area (TPSA) is 153 Å². The van der Waals surface area contributed by atoms with Gasteiger partial charge in [0.2, 0.25) is 11.8 Å². The van der Waals surface area contributed by atoms with Crippen LogP contribution in [0.25, 0.3) is 0 Å². The quantitative estimate of drug-likeness (QED) is 0.275. The van der Waals surface area contributed by atoms with E-state index in [1.54, 1.807) is 19.2 Å². The molecule has 218 valence electrons. The summed E-state index contributed by atoms with van der Waals surface area (Å²) in [5.74, 6) is 0.731. The summed E-state index contributed by atoms with van der Waals surface area (Å²) in [6, 6.07) is 2.21. The Hall–Kier alpha value is -4.22. The molecule has 41 heavy (non-hydrogen) atoms.